The monoisotopic (exact) mass is 415 g/mol. The van der Waals surface area contributed by atoms with Gasteiger partial charge in [-0.1, -0.05) is 44.1 Å². The number of hydrogen-bond donors (Lipinski definition) is 2. The van der Waals surface area contributed by atoms with E-state index in [-0.39, 0.29) is 38.0 Å². The Kier molecular flexibility index (Phi) is 5.96. The second kappa shape index (κ2) is 7.51. The number of primary sulfonamides is 1. The number of nitrogens with two attached hydrogens (primary N) is 1. The van der Waals surface area contributed by atoms with Crippen LogP contribution in [0.15, 0.2) is 39.1 Å². The van der Waals surface area contributed by atoms with Crippen molar-refractivity contribution in [3.63, 3.8) is 0 Å². The minimum atomic E-state index is -3.95. The highest BCUT2D eigenvalue weighted by Gasteiger charge is 2.19. The molecule has 0 unspecified atom stereocenters. The van der Waals surface area contributed by atoms with Crippen LogP contribution in [-0.2, 0) is 15.4 Å². The third-order valence-electron chi connectivity index (χ3n) is 3.39. The van der Waals surface area contributed by atoms with E-state index >= 15 is 0 Å². The molecular formula is C16H18ClN3O4S2. The lowest BCUT2D eigenvalue weighted by atomic mass is 9.92. The Morgan fingerprint density at radius 2 is 1.96 bits per heavy atom. The number of Topliss-reactive ketones (excluding diaryl/α,β-unsaturated/α-hetero) is 1. The molecule has 0 saturated heterocycles. The summed E-state index contributed by atoms with van der Waals surface area (Å²) in [6, 6.07) is 5.22. The normalized spacial score (nSPS) is 12.2. The summed E-state index contributed by atoms with van der Waals surface area (Å²) in [5.41, 5.74) is 0.270. The highest BCUT2D eigenvalue weighted by Crippen LogP contribution is 2.24. The van der Waals surface area contributed by atoms with Crippen molar-refractivity contribution in [1.29, 1.82) is 0 Å². The third kappa shape index (κ3) is 5.16. The average Bonchev–Trinajstić information content (AvgIpc) is 2.50. The fourth-order valence-electron chi connectivity index (χ4n) is 2.01. The van der Waals surface area contributed by atoms with Gasteiger partial charge < -0.3 is 4.98 Å². The van der Waals surface area contributed by atoms with Gasteiger partial charge in [0.25, 0.3) is 5.56 Å². The van der Waals surface area contributed by atoms with Gasteiger partial charge in [0.15, 0.2) is 10.9 Å². The fourth-order valence-corrected chi connectivity index (χ4v) is 3.87. The number of nitrogens with zero attached hydrogens (tertiary/aromatic N) is 1. The molecule has 0 aliphatic rings. The SMILES string of the molecule is CC(C)(C)c1cc(=O)[nH]c(SCC(=O)c2ccc(S(N)(=O)=O)c(Cl)c2)n1. The average molecular weight is 416 g/mol. The number of carbonyl (C=O) groups is 1. The minimum Gasteiger partial charge on any atom is -0.301 e. The van der Waals surface area contributed by atoms with Gasteiger partial charge in [0.2, 0.25) is 10.0 Å². The third-order valence-corrected chi connectivity index (χ3v) is 5.66. The Morgan fingerprint density at radius 1 is 1.31 bits per heavy atom. The number of halogens is 1. The summed E-state index contributed by atoms with van der Waals surface area (Å²) in [5.74, 6) is -0.289. The number of H-pyrrole nitrogens is 1. The number of carbonyl (C=O) groups excluding carboxylic acids is 1. The highest BCUT2D eigenvalue weighted by molar-refractivity contribution is 7.99. The van der Waals surface area contributed by atoms with Gasteiger partial charge in [-0.15, -0.1) is 0 Å². The van der Waals surface area contributed by atoms with Gasteiger partial charge >= 0.3 is 0 Å². The first-order valence-corrected chi connectivity index (χ1v) is 10.4. The van der Waals surface area contributed by atoms with Crippen LogP contribution < -0.4 is 10.7 Å². The Labute approximate surface area is 160 Å². The fraction of sp³-hybridized carbons (Fsp3) is 0.312. The molecule has 2 rings (SSSR count). The summed E-state index contributed by atoms with van der Waals surface area (Å²) in [6.07, 6.45) is 0. The highest BCUT2D eigenvalue weighted by atomic mass is 35.5. The molecule has 0 aliphatic carbocycles. The van der Waals surface area contributed by atoms with Gasteiger partial charge in [-0.25, -0.2) is 18.5 Å². The molecule has 0 atom stereocenters. The zero-order valence-corrected chi connectivity index (χ0v) is 16.8. The molecule has 0 aliphatic heterocycles. The quantitative estimate of drug-likeness (QED) is 0.439. The maximum Gasteiger partial charge on any atom is 0.251 e. The Hall–Kier alpha value is -1.68. The first-order valence-electron chi connectivity index (χ1n) is 7.48. The predicted molar refractivity (Wildman–Crippen MR) is 101 cm³/mol. The summed E-state index contributed by atoms with van der Waals surface area (Å²) < 4.78 is 22.7. The van der Waals surface area contributed by atoms with Crippen molar-refractivity contribution in [2.45, 2.75) is 36.2 Å². The van der Waals surface area contributed by atoms with Crippen LogP contribution in [0.4, 0.5) is 0 Å². The van der Waals surface area contributed by atoms with Gasteiger partial charge in [0.05, 0.1) is 16.5 Å². The molecule has 10 heteroatoms. The smallest absolute Gasteiger partial charge is 0.251 e. The summed E-state index contributed by atoms with van der Waals surface area (Å²) in [5, 5.41) is 5.25. The molecule has 0 fully saturated rings. The van der Waals surface area contributed by atoms with E-state index in [4.69, 9.17) is 16.7 Å². The molecule has 1 heterocycles. The van der Waals surface area contributed by atoms with Gasteiger partial charge in [-0.05, 0) is 18.2 Å². The molecule has 0 amide bonds. The summed E-state index contributed by atoms with van der Waals surface area (Å²) in [6.45, 7) is 5.80. The van der Waals surface area contributed by atoms with Crippen LogP contribution in [0, 0.1) is 0 Å². The van der Waals surface area contributed by atoms with Gasteiger partial charge in [-0.3, -0.25) is 9.59 Å². The van der Waals surface area contributed by atoms with Crippen molar-refractivity contribution in [3.8, 4) is 0 Å². The molecule has 140 valence electrons. The zero-order chi connectivity index (χ0) is 19.7. The summed E-state index contributed by atoms with van der Waals surface area (Å²) in [4.78, 5) is 30.8. The topological polar surface area (TPSA) is 123 Å². The number of aromatic nitrogens is 2. The van der Waals surface area contributed by atoms with Crippen LogP contribution in [-0.4, -0.2) is 29.9 Å². The number of rotatable bonds is 5. The van der Waals surface area contributed by atoms with Gasteiger partial charge in [0, 0.05) is 17.0 Å². The molecule has 7 nitrogen and oxygen atoms in total. The van der Waals surface area contributed by atoms with E-state index in [0.29, 0.717) is 10.9 Å². The maximum absolute atomic E-state index is 12.3. The molecular weight excluding hydrogens is 398 g/mol. The number of hydrogen-bond acceptors (Lipinski definition) is 6. The van der Waals surface area contributed by atoms with Crippen molar-refractivity contribution in [1.82, 2.24) is 9.97 Å². The molecule has 0 bridgehead atoms. The van der Waals surface area contributed by atoms with E-state index in [1.54, 1.807) is 0 Å². The lowest BCUT2D eigenvalue weighted by Crippen LogP contribution is -2.20. The standard InChI is InChI=1S/C16H18ClN3O4S2/c1-16(2,3)13-7-14(22)20-15(19-13)25-8-11(21)9-4-5-12(10(17)6-9)26(18,23)24/h4-7H,8H2,1-3H3,(H2,18,23,24)(H,19,20,22). The molecule has 1 aromatic carbocycles. The number of ketones is 1. The van der Waals surface area contributed by atoms with E-state index in [1.165, 1.54) is 24.3 Å². The molecule has 26 heavy (non-hydrogen) atoms. The zero-order valence-electron chi connectivity index (χ0n) is 14.4. The Morgan fingerprint density at radius 3 is 2.50 bits per heavy atom. The lowest BCUT2D eigenvalue weighted by Gasteiger charge is -2.17. The van der Waals surface area contributed by atoms with Crippen LogP contribution >= 0.6 is 23.4 Å². The van der Waals surface area contributed by atoms with E-state index in [1.807, 2.05) is 20.8 Å². The Balaban J connectivity index is 2.18. The van der Waals surface area contributed by atoms with Crippen molar-refractivity contribution in [2.24, 2.45) is 5.14 Å². The number of thioether (sulfide) groups is 1. The lowest BCUT2D eigenvalue weighted by molar-refractivity contribution is 0.102. The van der Waals surface area contributed by atoms with Crippen LogP contribution in [0.5, 0.6) is 0 Å². The molecule has 1 aromatic heterocycles. The second-order valence-electron chi connectivity index (χ2n) is 6.59. The number of sulfonamides is 1. The number of aromatic amines is 1. The molecule has 0 saturated carbocycles. The van der Waals surface area contributed by atoms with Crippen LogP contribution in [0.25, 0.3) is 0 Å². The van der Waals surface area contributed by atoms with Crippen molar-refractivity contribution in [2.75, 3.05) is 5.75 Å². The van der Waals surface area contributed by atoms with E-state index in [2.05, 4.69) is 9.97 Å². The van der Waals surface area contributed by atoms with Gasteiger partial charge in [0.1, 0.15) is 4.90 Å². The number of benzene rings is 1. The van der Waals surface area contributed by atoms with Gasteiger partial charge in [-0.2, -0.15) is 0 Å². The molecule has 2 aromatic rings. The van der Waals surface area contributed by atoms with Crippen LogP contribution in [0.2, 0.25) is 5.02 Å². The first kappa shape index (κ1) is 20.6. The molecule has 0 spiro atoms. The largest absolute Gasteiger partial charge is 0.301 e. The Bertz CT molecular complexity index is 1010. The minimum absolute atomic E-state index is 0.00157. The maximum atomic E-state index is 12.3. The van der Waals surface area contributed by atoms with Crippen molar-refractivity contribution >= 4 is 39.2 Å². The first-order chi connectivity index (χ1) is 11.9. The number of nitrogens with one attached hydrogen (secondary N) is 1. The summed E-state index contributed by atoms with van der Waals surface area (Å²) in [7, 11) is -3.95. The summed E-state index contributed by atoms with van der Waals surface area (Å²) >= 11 is 6.97. The second-order valence-corrected chi connectivity index (χ2v) is 9.49. The molecule has 0 radical (unpaired) electrons. The van der Waals surface area contributed by atoms with Crippen LogP contribution in [0.1, 0.15) is 36.8 Å². The predicted octanol–water partition coefficient (Wildman–Crippen LogP) is 2.34. The van der Waals surface area contributed by atoms with Crippen molar-refractivity contribution in [3.05, 3.63) is 50.9 Å². The van der Waals surface area contributed by atoms with Crippen molar-refractivity contribution < 1.29 is 13.2 Å². The molecule has 3 N–H and O–H groups in total. The van der Waals surface area contributed by atoms with E-state index in [0.717, 1.165) is 11.8 Å². The van der Waals surface area contributed by atoms with E-state index < -0.39 is 10.0 Å². The van der Waals surface area contributed by atoms with Crippen LogP contribution in [0.3, 0.4) is 0 Å². The van der Waals surface area contributed by atoms with E-state index in [9.17, 15) is 18.0 Å².